The van der Waals surface area contributed by atoms with E-state index in [1.165, 1.54) is 18.1 Å². The van der Waals surface area contributed by atoms with Gasteiger partial charge >= 0.3 is 0 Å². The van der Waals surface area contributed by atoms with Crippen molar-refractivity contribution >= 4 is 51.9 Å². The Morgan fingerprint density at radius 3 is 2.82 bits per heavy atom. The molecule has 9 heteroatoms. The summed E-state index contributed by atoms with van der Waals surface area (Å²) in [5.41, 5.74) is 7.46. The fourth-order valence-corrected chi connectivity index (χ4v) is 2.55. The van der Waals surface area contributed by atoms with E-state index in [0.29, 0.717) is 32.8 Å². The van der Waals surface area contributed by atoms with Crippen molar-refractivity contribution in [2.45, 2.75) is 5.16 Å². The summed E-state index contributed by atoms with van der Waals surface area (Å²) in [6.07, 6.45) is 1.35. The first kappa shape index (κ1) is 14.6. The number of halogens is 1. The van der Waals surface area contributed by atoms with Crippen LogP contribution in [0.5, 0.6) is 0 Å². The average molecular weight is 335 g/mol. The van der Waals surface area contributed by atoms with Gasteiger partial charge in [0.2, 0.25) is 5.91 Å². The lowest BCUT2D eigenvalue weighted by Gasteiger charge is -2.03. The maximum Gasteiger partial charge on any atom is 0.234 e. The molecule has 4 N–H and O–H groups in total. The monoisotopic (exact) mass is 334 g/mol. The molecule has 0 fully saturated rings. The zero-order valence-corrected chi connectivity index (χ0v) is 12.8. The van der Waals surface area contributed by atoms with Gasteiger partial charge < -0.3 is 16.0 Å². The van der Waals surface area contributed by atoms with E-state index >= 15 is 0 Å². The van der Waals surface area contributed by atoms with E-state index in [9.17, 15) is 4.79 Å². The Morgan fingerprint density at radius 2 is 2.09 bits per heavy atom. The number of aromatic nitrogens is 4. The van der Waals surface area contributed by atoms with Crippen molar-refractivity contribution in [2.75, 3.05) is 16.8 Å². The smallest absolute Gasteiger partial charge is 0.234 e. The first-order valence-corrected chi connectivity index (χ1v) is 7.62. The Bertz CT molecular complexity index is 819. The van der Waals surface area contributed by atoms with E-state index in [1.807, 2.05) is 0 Å². The highest BCUT2D eigenvalue weighted by Crippen LogP contribution is 2.21. The molecule has 0 aliphatic carbocycles. The Kier molecular flexibility index (Phi) is 4.12. The van der Waals surface area contributed by atoms with Crippen molar-refractivity contribution in [3.8, 4) is 0 Å². The van der Waals surface area contributed by atoms with Gasteiger partial charge in [0.25, 0.3) is 0 Å². The Hall–Kier alpha value is -2.32. The second kappa shape index (κ2) is 6.20. The van der Waals surface area contributed by atoms with Crippen molar-refractivity contribution in [3.63, 3.8) is 0 Å². The van der Waals surface area contributed by atoms with Crippen molar-refractivity contribution in [2.24, 2.45) is 0 Å². The number of aromatic amines is 1. The third-order valence-electron chi connectivity index (χ3n) is 2.76. The van der Waals surface area contributed by atoms with Crippen LogP contribution in [0.4, 0.5) is 11.5 Å². The minimum Gasteiger partial charge on any atom is -0.382 e. The summed E-state index contributed by atoms with van der Waals surface area (Å²) in [4.78, 5) is 27.0. The van der Waals surface area contributed by atoms with Gasteiger partial charge in [0.1, 0.15) is 11.8 Å². The summed E-state index contributed by atoms with van der Waals surface area (Å²) in [6.45, 7) is 0. The molecule has 0 aliphatic heterocycles. The number of benzene rings is 1. The quantitative estimate of drug-likeness (QED) is 0.632. The highest BCUT2D eigenvalue weighted by molar-refractivity contribution is 7.99. The van der Waals surface area contributed by atoms with Crippen molar-refractivity contribution < 1.29 is 4.79 Å². The first-order valence-electron chi connectivity index (χ1n) is 6.26. The number of nitrogen functional groups attached to an aromatic ring is 1. The highest BCUT2D eigenvalue weighted by Gasteiger charge is 2.10. The first-order chi connectivity index (χ1) is 10.6. The lowest BCUT2D eigenvalue weighted by atomic mass is 10.3. The summed E-state index contributed by atoms with van der Waals surface area (Å²) in [5, 5.41) is 3.95. The number of amides is 1. The van der Waals surface area contributed by atoms with E-state index in [0.717, 1.165) is 0 Å². The van der Waals surface area contributed by atoms with Crippen LogP contribution < -0.4 is 11.1 Å². The third-order valence-corrected chi connectivity index (χ3v) is 3.89. The lowest BCUT2D eigenvalue weighted by Crippen LogP contribution is -2.13. The number of hydrogen-bond acceptors (Lipinski definition) is 6. The molecule has 112 valence electrons. The van der Waals surface area contributed by atoms with Crippen LogP contribution in [0.25, 0.3) is 11.2 Å². The zero-order chi connectivity index (χ0) is 15.5. The average Bonchev–Trinajstić information content (AvgIpc) is 2.92. The van der Waals surface area contributed by atoms with Crippen LogP contribution in [0.3, 0.4) is 0 Å². The van der Waals surface area contributed by atoms with Crippen LogP contribution in [0.2, 0.25) is 5.02 Å². The predicted molar refractivity (Wildman–Crippen MR) is 86.9 cm³/mol. The molecular formula is C13H11ClN6OS. The largest absolute Gasteiger partial charge is 0.382 e. The van der Waals surface area contributed by atoms with Gasteiger partial charge in [0.15, 0.2) is 16.6 Å². The molecule has 0 unspecified atom stereocenters. The van der Waals surface area contributed by atoms with Gasteiger partial charge in [-0.25, -0.2) is 15.0 Å². The van der Waals surface area contributed by atoms with Crippen LogP contribution in [0.1, 0.15) is 0 Å². The molecule has 0 aliphatic rings. The van der Waals surface area contributed by atoms with Gasteiger partial charge in [-0.2, -0.15) is 0 Å². The lowest BCUT2D eigenvalue weighted by molar-refractivity contribution is -0.113. The minimum absolute atomic E-state index is 0.146. The number of nitrogens with two attached hydrogens (primary N) is 1. The number of imidazole rings is 1. The van der Waals surface area contributed by atoms with Crippen LogP contribution in [0.15, 0.2) is 35.7 Å². The van der Waals surface area contributed by atoms with Crippen molar-refractivity contribution in [3.05, 3.63) is 35.6 Å². The van der Waals surface area contributed by atoms with E-state index in [1.54, 1.807) is 24.3 Å². The summed E-state index contributed by atoms with van der Waals surface area (Å²) in [6, 6.07) is 6.90. The van der Waals surface area contributed by atoms with E-state index in [4.69, 9.17) is 17.3 Å². The van der Waals surface area contributed by atoms with Crippen LogP contribution in [-0.4, -0.2) is 31.6 Å². The Labute approximate surface area is 134 Å². The maximum absolute atomic E-state index is 11.9. The predicted octanol–water partition coefficient (Wildman–Crippen LogP) is 2.32. The van der Waals surface area contributed by atoms with Gasteiger partial charge in [-0.15, -0.1) is 0 Å². The molecule has 3 aromatic rings. The molecule has 22 heavy (non-hydrogen) atoms. The van der Waals surface area contributed by atoms with Crippen LogP contribution >= 0.6 is 23.4 Å². The SMILES string of the molecule is Nc1ncnc2nc(SCC(=O)Nc3ccc(Cl)cc3)[nH]c12. The summed E-state index contributed by atoms with van der Waals surface area (Å²) < 4.78 is 0. The molecule has 2 heterocycles. The molecular weight excluding hydrogens is 324 g/mol. The second-order valence-electron chi connectivity index (χ2n) is 4.34. The molecule has 0 saturated carbocycles. The summed E-state index contributed by atoms with van der Waals surface area (Å²) in [7, 11) is 0. The number of thioether (sulfide) groups is 1. The molecule has 1 aromatic carbocycles. The number of fused-ring (bicyclic) bond motifs is 1. The van der Waals surface area contributed by atoms with Crippen molar-refractivity contribution in [1.82, 2.24) is 19.9 Å². The Morgan fingerprint density at radius 1 is 1.32 bits per heavy atom. The van der Waals surface area contributed by atoms with Gasteiger partial charge in [0.05, 0.1) is 5.75 Å². The highest BCUT2D eigenvalue weighted by atomic mass is 35.5. The normalized spacial score (nSPS) is 10.8. The van der Waals surface area contributed by atoms with E-state index in [-0.39, 0.29) is 11.7 Å². The number of rotatable bonds is 4. The molecule has 7 nitrogen and oxygen atoms in total. The number of H-pyrrole nitrogens is 1. The van der Waals surface area contributed by atoms with Gasteiger partial charge in [-0.1, -0.05) is 23.4 Å². The van der Waals surface area contributed by atoms with Crippen LogP contribution in [-0.2, 0) is 4.79 Å². The maximum atomic E-state index is 11.9. The van der Waals surface area contributed by atoms with Crippen molar-refractivity contribution in [1.29, 1.82) is 0 Å². The van der Waals surface area contributed by atoms with Gasteiger partial charge in [-0.05, 0) is 24.3 Å². The molecule has 0 saturated heterocycles. The molecule has 0 radical (unpaired) electrons. The number of hydrogen-bond donors (Lipinski definition) is 3. The fraction of sp³-hybridized carbons (Fsp3) is 0.0769. The molecule has 0 atom stereocenters. The van der Waals surface area contributed by atoms with Gasteiger partial charge in [-0.3, -0.25) is 4.79 Å². The molecule has 3 rings (SSSR count). The topological polar surface area (TPSA) is 110 Å². The molecule has 0 spiro atoms. The second-order valence-corrected chi connectivity index (χ2v) is 5.74. The number of carbonyl (C=O) groups excluding carboxylic acids is 1. The molecule has 2 aromatic heterocycles. The zero-order valence-electron chi connectivity index (χ0n) is 11.2. The Balaban J connectivity index is 1.62. The number of carbonyl (C=O) groups is 1. The fourth-order valence-electron chi connectivity index (χ4n) is 1.76. The standard InChI is InChI=1S/C13H11ClN6OS/c14-7-1-3-8(4-2-7)18-9(21)5-22-13-19-10-11(15)16-6-17-12(10)20-13/h1-4,6H,5H2,(H,18,21)(H3,15,16,17,19,20). The van der Waals surface area contributed by atoms with E-state index < -0.39 is 0 Å². The third kappa shape index (κ3) is 3.29. The summed E-state index contributed by atoms with van der Waals surface area (Å²) in [5.74, 6) is 0.386. The molecule has 1 amide bonds. The van der Waals surface area contributed by atoms with E-state index in [2.05, 4.69) is 25.3 Å². The van der Waals surface area contributed by atoms with Gasteiger partial charge in [0, 0.05) is 10.7 Å². The number of nitrogens with one attached hydrogen (secondary N) is 2. The number of nitrogens with zero attached hydrogens (tertiary/aromatic N) is 3. The number of anilines is 2. The van der Waals surface area contributed by atoms with Crippen LogP contribution in [0, 0.1) is 0 Å². The minimum atomic E-state index is -0.146. The molecule has 0 bridgehead atoms. The summed E-state index contributed by atoms with van der Waals surface area (Å²) >= 11 is 7.05.